The number of aromatic nitrogens is 2. The Morgan fingerprint density at radius 1 is 1.08 bits per heavy atom. The molecule has 0 unspecified atom stereocenters. The molecule has 0 aliphatic heterocycles. The Balaban J connectivity index is 2.56. The van der Waals surface area contributed by atoms with Crippen LogP contribution in [0, 0.1) is 5.82 Å². The summed E-state index contributed by atoms with van der Waals surface area (Å²) in [6.45, 7) is 0. The zero-order valence-corrected chi connectivity index (χ0v) is 11.2. The highest BCUT2D eigenvalue weighted by atomic mass is 19.4. The lowest BCUT2D eigenvalue weighted by atomic mass is 10.2. The fraction of sp³-hybridized carbons (Fsp3) is 0.167. The second-order valence-corrected chi connectivity index (χ2v) is 4.37. The molecule has 130 valence electrons. The van der Waals surface area contributed by atoms with E-state index in [1.54, 1.807) is 4.98 Å². The minimum Gasteiger partial charge on any atom is -0.449 e. The van der Waals surface area contributed by atoms with E-state index in [-0.39, 0.29) is 6.07 Å². The van der Waals surface area contributed by atoms with Gasteiger partial charge in [0.2, 0.25) is 11.7 Å². The summed E-state index contributed by atoms with van der Waals surface area (Å²) in [6, 6.07) is 1.08. The van der Waals surface area contributed by atoms with Gasteiger partial charge in [-0.05, 0) is 18.2 Å². The molecule has 12 heteroatoms. The Labute approximate surface area is 127 Å². The predicted octanol–water partition coefficient (Wildman–Crippen LogP) is 3.32. The molecule has 24 heavy (non-hydrogen) atoms. The Bertz CT molecular complexity index is 827. The first kappa shape index (κ1) is 17.6. The van der Waals surface area contributed by atoms with Gasteiger partial charge in [-0.15, -0.1) is 0 Å². The zero-order chi connectivity index (χ0) is 18.3. The minimum absolute atomic E-state index is 0.116. The molecule has 0 atom stereocenters. The van der Waals surface area contributed by atoms with Gasteiger partial charge < -0.3 is 10.5 Å². The lowest BCUT2D eigenvalue weighted by Crippen LogP contribution is -2.21. The molecule has 0 radical (unpaired) electrons. The van der Waals surface area contributed by atoms with E-state index in [0.717, 1.165) is 0 Å². The summed E-state index contributed by atoms with van der Waals surface area (Å²) in [7, 11) is 0. The Kier molecular flexibility index (Phi) is 4.16. The predicted molar refractivity (Wildman–Crippen MR) is 65.7 cm³/mol. The average molecular weight is 357 g/mol. The van der Waals surface area contributed by atoms with Crippen LogP contribution in [0.1, 0.15) is 11.3 Å². The van der Waals surface area contributed by atoms with Gasteiger partial charge in [-0.1, -0.05) is 0 Å². The van der Waals surface area contributed by atoms with Crippen LogP contribution >= 0.6 is 0 Å². The van der Waals surface area contributed by atoms with Crippen molar-refractivity contribution in [3.05, 3.63) is 45.6 Å². The molecular weight excluding hydrogens is 351 g/mol. The molecule has 0 saturated carbocycles. The number of benzene rings is 1. The molecule has 2 aromatic rings. The number of ether oxygens (including phenoxy) is 1. The molecule has 1 heterocycles. The molecule has 0 bridgehead atoms. The van der Waals surface area contributed by atoms with Crippen LogP contribution in [0.4, 0.5) is 36.7 Å². The van der Waals surface area contributed by atoms with Gasteiger partial charge in [-0.2, -0.15) is 26.3 Å². The van der Waals surface area contributed by atoms with Gasteiger partial charge in [-0.3, -0.25) is 9.78 Å². The van der Waals surface area contributed by atoms with E-state index in [0.29, 0.717) is 12.1 Å². The van der Waals surface area contributed by atoms with Crippen molar-refractivity contribution in [2.24, 2.45) is 0 Å². The number of nitrogens with zero attached hydrogens (tertiary/aromatic N) is 1. The second-order valence-electron chi connectivity index (χ2n) is 4.37. The minimum atomic E-state index is -5.16. The summed E-state index contributed by atoms with van der Waals surface area (Å²) in [5.74, 6) is -4.78. The molecule has 0 saturated heterocycles. The van der Waals surface area contributed by atoms with Crippen molar-refractivity contribution in [1.82, 2.24) is 9.97 Å². The highest BCUT2D eigenvalue weighted by molar-refractivity contribution is 5.39. The van der Waals surface area contributed by atoms with Gasteiger partial charge in [0.1, 0.15) is 11.6 Å². The molecule has 0 fully saturated rings. The smallest absolute Gasteiger partial charge is 0.437 e. The van der Waals surface area contributed by atoms with Crippen molar-refractivity contribution < 1.29 is 35.5 Å². The number of H-pyrrole nitrogens is 1. The first-order chi connectivity index (χ1) is 10.9. The lowest BCUT2D eigenvalue weighted by molar-refractivity contribution is -0.142. The largest absolute Gasteiger partial charge is 0.449 e. The maximum atomic E-state index is 13.2. The summed E-state index contributed by atoms with van der Waals surface area (Å²) in [4.78, 5) is 16.1. The van der Waals surface area contributed by atoms with Crippen LogP contribution < -0.4 is 16.0 Å². The molecule has 1 aromatic heterocycles. The van der Waals surface area contributed by atoms with E-state index >= 15 is 0 Å². The van der Waals surface area contributed by atoms with E-state index in [2.05, 4.69) is 9.72 Å². The van der Waals surface area contributed by atoms with E-state index in [9.17, 15) is 35.5 Å². The van der Waals surface area contributed by atoms with E-state index in [4.69, 9.17) is 5.73 Å². The van der Waals surface area contributed by atoms with E-state index < -0.39 is 52.4 Å². The number of nitrogens with one attached hydrogen (secondary N) is 1. The molecule has 2 rings (SSSR count). The monoisotopic (exact) mass is 357 g/mol. The standard InChI is InChI=1S/C12H6F7N3O2/c13-6-2-1-4(3-5(6)11(14,15)16)24-7-8(12(17,18)19)21-10(20)22-9(7)23/h1-3H,(H3,20,21,22,23). The maximum absolute atomic E-state index is 13.2. The van der Waals surface area contributed by atoms with E-state index in [1.807, 2.05) is 0 Å². The van der Waals surface area contributed by atoms with Crippen LogP contribution in [0.5, 0.6) is 11.5 Å². The van der Waals surface area contributed by atoms with Crippen molar-refractivity contribution in [1.29, 1.82) is 0 Å². The molecule has 0 amide bonds. The highest BCUT2D eigenvalue weighted by Crippen LogP contribution is 2.37. The fourth-order valence-electron chi connectivity index (χ4n) is 1.67. The van der Waals surface area contributed by atoms with E-state index in [1.165, 1.54) is 0 Å². The molecule has 5 nitrogen and oxygen atoms in total. The number of rotatable bonds is 2. The Hall–Kier alpha value is -2.79. The molecule has 0 aliphatic carbocycles. The number of hydrogen-bond donors (Lipinski definition) is 2. The zero-order valence-electron chi connectivity index (χ0n) is 11.2. The summed E-state index contributed by atoms with van der Waals surface area (Å²) in [6.07, 6.45) is -10.3. The van der Waals surface area contributed by atoms with Gasteiger partial charge in [0.25, 0.3) is 5.56 Å². The molecular formula is C12H6F7N3O2. The van der Waals surface area contributed by atoms with Crippen LogP contribution in [0.15, 0.2) is 23.0 Å². The van der Waals surface area contributed by atoms with Gasteiger partial charge in [0, 0.05) is 0 Å². The average Bonchev–Trinajstić information content (AvgIpc) is 2.41. The third-order valence-electron chi connectivity index (χ3n) is 2.63. The Morgan fingerprint density at radius 2 is 1.71 bits per heavy atom. The quantitative estimate of drug-likeness (QED) is 0.808. The number of aromatic amines is 1. The number of alkyl halides is 6. The molecule has 1 aromatic carbocycles. The van der Waals surface area contributed by atoms with Crippen LogP contribution in [0.25, 0.3) is 0 Å². The summed E-state index contributed by atoms with van der Waals surface area (Å²) < 4.78 is 94.1. The van der Waals surface area contributed by atoms with Crippen molar-refractivity contribution in [3.8, 4) is 11.5 Å². The summed E-state index contributed by atoms with van der Waals surface area (Å²) >= 11 is 0. The number of nitrogens with two attached hydrogens (primary N) is 1. The van der Waals surface area contributed by atoms with Crippen molar-refractivity contribution in [2.45, 2.75) is 12.4 Å². The third kappa shape index (κ3) is 3.58. The first-order valence-corrected chi connectivity index (χ1v) is 5.91. The fourth-order valence-corrected chi connectivity index (χ4v) is 1.67. The van der Waals surface area contributed by atoms with Gasteiger partial charge in [-0.25, -0.2) is 9.37 Å². The van der Waals surface area contributed by atoms with Crippen molar-refractivity contribution in [2.75, 3.05) is 5.73 Å². The number of nitrogen functional groups attached to an aromatic ring is 1. The van der Waals surface area contributed by atoms with Crippen molar-refractivity contribution in [3.63, 3.8) is 0 Å². The number of halogens is 7. The Morgan fingerprint density at radius 3 is 2.25 bits per heavy atom. The summed E-state index contributed by atoms with van der Waals surface area (Å²) in [5.41, 5.74) is -0.0680. The SMILES string of the molecule is Nc1nc(C(F)(F)F)c(Oc2ccc(F)c(C(F)(F)F)c2)c(=O)[nH]1. The van der Waals surface area contributed by atoms with Gasteiger partial charge >= 0.3 is 12.4 Å². The molecule has 0 aliphatic rings. The molecule has 0 spiro atoms. The normalized spacial score (nSPS) is 12.3. The van der Waals surface area contributed by atoms with Crippen LogP contribution in [0.3, 0.4) is 0 Å². The lowest BCUT2D eigenvalue weighted by Gasteiger charge is -2.14. The number of hydrogen-bond acceptors (Lipinski definition) is 4. The highest BCUT2D eigenvalue weighted by Gasteiger charge is 2.39. The first-order valence-electron chi connectivity index (χ1n) is 5.91. The third-order valence-corrected chi connectivity index (χ3v) is 2.63. The van der Waals surface area contributed by atoms with Gasteiger partial charge in [0.05, 0.1) is 5.56 Å². The summed E-state index contributed by atoms with van der Waals surface area (Å²) in [5, 5.41) is 0. The van der Waals surface area contributed by atoms with Crippen molar-refractivity contribution >= 4 is 5.95 Å². The van der Waals surface area contributed by atoms with Crippen LogP contribution in [0.2, 0.25) is 0 Å². The molecule has 3 N–H and O–H groups in total. The topological polar surface area (TPSA) is 81.0 Å². The van der Waals surface area contributed by atoms with Crippen LogP contribution in [-0.2, 0) is 12.4 Å². The van der Waals surface area contributed by atoms with Crippen LogP contribution in [-0.4, -0.2) is 9.97 Å². The number of anilines is 1. The van der Waals surface area contributed by atoms with Gasteiger partial charge in [0.15, 0.2) is 5.69 Å². The maximum Gasteiger partial charge on any atom is 0.437 e. The second kappa shape index (κ2) is 5.69.